The maximum Gasteiger partial charge on any atom is 0.490 e. The lowest BCUT2D eigenvalue weighted by Crippen LogP contribution is -2.39. The first kappa shape index (κ1) is 12.5. The van der Waals surface area contributed by atoms with E-state index in [1.54, 1.807) is 6.20 Å². The molecule has 1 aromatic heterocycles. The maximum atomic E-state index is 10.6. The highest BCUT2D eigenvalue weighted by Crippen LogP contribution is 2.17. The molecule has 0 amide bonds. The minimum atomic E-state index is -5.08. The summed E-state index contributed by atoms with van der Waals surface area (Å²) in [5, 5.41) is 10.3. The molecule has 1 aliphatic rings. The second-order valence-electron chi connectivity index (χ2n) is 3.06. The second kappa shape index (κ2) is 4.97. The van der Waals surface area contributed by atoms with Crippen LogP contribution in [0, 0.1) is 0 Å². The summed E-state index contributed by atoms with van der Waals surface area (Å²) in [5.41, 5.74) is 0. The number of aliphatic carboxylic acids is 1. The third kappa shape index (κ3) is 3.54. The molecule has 0 unspecified atom stereocenters. The zero-order valence-corrected chi connectivity index (χ0v) is 7.99. The summed E-state index contributed by atoms with van der Waals surface area (Å²) in [6, 6.07) is 0. The Morgan fingerprint density at radius 2 is 2.12 bits per heavy atom. The molecule has 5 nitrogen and oxygen atoms in total. The van der Waals surface area contributed by atoms with Crippen molar-refractivity contribution in [2.45, 2.75) is 12.1 Å². The fourth-order valence-electron chi connectivity index (χ4n) is 0.917. The van der Waals surface area contributed by atoms with Crippen LogP contribution in [0.1, 0.15) is 11.7 Å². The number of oxazole rings is 1. The molecule has 8 heteroatoms. The van der Waals surface area contributed by atoms with Gasteiger partial charge in [0.25, 0.3) is 0 Å². The average molecular weight is 238 g/mol. The summed E-state index contributed by atoms with van der Waals surface area (Å²) in [6.07, 6.45) is -1.82. The van der Waals surface area contributed by atoms with E-state index in [0.717, 1.165) is 18.8 Å². The van der Waals surface area contributed by atoms with Gasteiger partial charge in [-0.15, -0.1) is 0 Å². The first-order valence-electron chi connectivity index (χ1n) is 4.30. The van der Waals surface area contributed by atoms with Crippen LogP contribution < -0.4 is 5.32 Å². The Bertz CT molecular complexity index is 333. The van der Waals surface area contributed by atoms with Crippen LogP contribution in [0.25, 0.3) is 0 Å². The minimum absolute atomic E-state index is 0.576. The Morgan fingerprint density at radius 1 is 1.56 bits per heavy atom. The third-order valence-corrected chi connectivity index (χ3v) is 1.88. The van der Waals surface area contributed by atoms with Crippen molar-refractivity contribution < 1.29 is 27.5 Å². The molecule has 0 atom stereocenters. The van der Waals surface area contributed by atoms with Crippen molar-refractivity contribution in [1.82, 2.24) is 10.3 Å². The van der Waals surface area contributed by atoms with E-state index in [0.29, 0.717) is 5.92 Å². The first-order valence-corrected chi connectivity index (χ1v) is 4.30. The Hall–Kier alpha value is -1.57. The molecule has 0 bridgehead atoms. The number of nitrogens with one attached hydrogen (secondary N) is 1. The largest absolute Gasteiger partial charge is 0.490 e. The average Bonchev–Trinajstić information content (AvgIpc) is 2.53. The highest BCUT2D eigenvalue weighted by molar-refractivity contribution is 5.73. The molecule has 2 heterocycles. The van der Waals surface area contributed by atoms with Crippen LogP contribution in [0.4, 0.5) is 13.2 Å². The van der Waals surface area contributed by atoms with E-state index < -0.39 is 12.1 Å². The Morgan fingerprint density at radius 3 is 2.38 bits per heavy atom. The van der Waals surface area contributed by atoms with E-state index in [1.165, 1.54) is 6.39 Å². The monoisotopic (exact) mass is 238 g/mol. The molecular weight excluding hydrogens is 229 g/mol. The van der Waals surface area contributed by atoms with Crippen molar-refractivity contribution in [3.8, 4) is 0 Å². The summed E-state index contributed by atoms with van der Waals surface area (Å²) < 4.78 is 36.8. The van der Waals surface area contributed by atoms with Gasteiger partial charge in [-0.3, -0.25) is 0 Å². The fourth-order valence-corrected chi connectivity index (χ4v) is 0.917. The molecule has 0 spiro atoms. The molecule has 0 saturated carbocycles. The van der Waals surface area contributed by atoms with Crippen molar-refractivity contribution in [3.63, 3.8) is 0 Å². The number of carbonyl (C=O) groups is 1. The van der Waals surface area contributed by atoms with E-state index >= 15 is 0 Å². The number of hydrogen-bond donors (Lipinski definition) is 2. The van der Waals surface area contributed by atoms with Crippen LogP contribution >= 0.6 is 0 Å². The number of rotatable bonds is 1. The van der Waals surface area contributed by atoms with Gasteiger partial charge in [0, 0.05) is 19.0 Å². The van der Waals surface area contributed by atoms with Gasteiger partial charge in [0.2, 0.25) is 0 Å². The van der Waals surface area contributed by atoms with Gasteiger partial charge in [-0.05, 0) is 0 Å². The number of alkyl halides is 3. The van der Waals surface area contributed by atoms with Crippen LogP contribution in [0.15, 0.2) is 17.0 Å². The zero-order valence-electron chi connectivity index (χ0n) is 7.99. The van der Waals surface area contributed by atoms with Gasteiger partial charge in [0.15, 0.2) is 6.39 Å². The normalized spacial score (nSPS) is 15.9. The van der Waals surface area contributed by atoms with E-state index in [-0.39, 0.29) is 0 Å². The molecule has 0 aromatic carbocycles. The van der Waals surface area contributed by atoms with Crippen molar-refractivity contribution in [2.75, 3.05) is 13.1 Å². The van der Waals surface area contributed by atoms with Crippen molar-refractivity contribution in [1.29, 1.82) is 0 Å². The molecular formula is C8H9F3N2O3. The van der Waals surface area contributed by atoms with E-state index in [4.69, 9.17) is 14.3 Å². The van der Waals surface area contributed by atoms with E-state index in [2.05, 4.69) is 10.3 Å². The van der Waals surface area contributed by atoms with Crippen molar-refractivity contribution in [3.05, 3.63) is 18.4 Å². The molecule has 1 aliphatic heterocycles. The van der Waals surface area contributed by atoms with Gasteiger partial charge >= 0.3 is 12.1 Å². The fraction of sp³-hybridized carbons (Fsp3) is 0.500. The summed E-state index contributed by atoms with van der Waals surface area (Å²) in [4.78, 5) is 12.7. The third-order valence-electron chi connectivity index (χ3n) is 1.88. The highest BCUT2D eigenvalue weighted by atomic mass is 19.4. The molecule has 16 heavy (non-hydrogen) atoms. The Labute approximate surface area is 88.3 Å². The molecule has 2 N–H and O–H groups in total. The zero-order chi connectivity index (χ0) is 12.2. The summed E-state index contributed by atoms with van der Waals surface area (Å²) >= 11 is 0. The SMILES string of the molecule is O=C(O)C(F)(F)F.c1ncc(C2CNC2)o1. The van der Waals surface area contributed by atoms with Crippen LogP contribution in [0.5, 0.6) is 0 Å². The van der Waals surface area contributed by atoms with Gasteiger partial charge in [0.05, 0.1) is 6.20 Å². The second-order valence-corrected chi connectivity index (χ2v) is 3.06. The van der Waals surface area contributed by atoms with Crippen molar-refractivity contribution in [2.24, 2.45) is 0 Å². The van der Waals surface area contributed by atoms with Crippen LogP contribution in [0.2, 0.25) is 0 Å². The van der Waals surface area contributed by atoms with Gasteiger partial charge in [-0.25, -0.2) is 9.78 Å². The number of carboxylic acid groups (broad SMARTS) is 1. The Kier molecular flexibility index (Phi) is 3.88. The van der Waals surface area contributed by atoms with Crippen LogP contribution in [-0.2, 0) is 4.79 Å². The van der Waals surface area contributed by atoms with Gasteiger partial charge in [-0.1, -0.05) is 0 Å². The van der Waals surface area contributed by atoms with Gasteiger partial charge in [0.1, 0.15) is 5.76 Å². The van der Waals surface area contributed by atoms with Crippen LogP contribution in [0.3, 0.4) is 0 Å². The number of halogens is 3. The summed E-state index contributed by atoms with van der Waals surface area (Å²) in [6.45, 7) is 2.07. The summed E-state index contributed by atoms with van der Waals surface area (Å²) in [5.74, 6) is -1.17. The summed E-state index contributed by atoms with van der Waals surface area (Å²) in [7, 11) is 0. The van der Waals surface area contributed by atoms with Crippen LogP contribution in [-0.4, -0.2) is 35.3 Å². The predicted molar refractivity (Wildman–Crippen MR) is 45.8 cm³/mol. The Balaban J connectivity index is 0.000000168. The number of hydrogen-bond acceptors (Lipinski definition) is 4. The number of aromatic nitrogens is 1. The molecule has 0 aliphatic carbocycles. The van der Waals surface area contributed by atoms with Crippen molar-refractivity contribution >= 4 is 5.97 Å². The lowest BCUT2D eigenvalue weighted by Gasteiger charge is -2.24. The lowest BCUT2D eigenvalue weighted by atomic mass is 10.0. The first-order chi connectivity index (χ1) is 7.41. The maximum absolute atomic E-state index is 10.6. The van der Waals surface area contributed by atoms with E-state index in [9.17, 15) is 13.2 Å². The van der Waals surface area contributed by atoms with Gasteiger partial charge in [-0.2, -0.15) is 13.2 Å². The molecule has 0 radical (unpaired) electrons. The molecule has 1 aromatic rings. The highest BCUT2D eigenvalue weighted by Gasteiger charge is 2.38. The molecule has 1 saturated heterocycles. The minimum Gasteiger partial charge on any atom is -0.475 e. The molecule has 2 rings (SSSR count). The number of nitrogens with zero attached hydrogens (tertiary/aromatic N) is 1. The lowest BCUT2D eigenvalue weighted by molar-refractivity contribution is -0.192. The van der Waals surface area contributed by atoms with Gasteiger partial charge < -0.3 is 14.8 Å². The molecule has 90 valence electrons. The van der Waals surface area contributed by atoms with E-state index in [1.807, 2.05) is 0 Å². The predicted octanol–water partition coefficient (Wildman–Crippen LogP) is 0.995. The molecule has 1 fully saturated rings. The topological polar surface area (TPSA) is 75.4 Å². The number of carboxylic acids is 1. The standard InChI is InChI=1S/C6H8N2O.C2HF3O2/c1-5(2-7-1)6-3-8-4-9-6;3-2(4,5)1(6)7/h3-5,7H,1-2H2;(H,6,7). The smallest absolute Gasteiger partial charge is 0.475 e. The quantitative estimate of drug-likeness (QED) is 0.763.